The van der Waals surface area contributed by atoms with Crippen LogP contribution in [0.2, 0.25) is 0 Å². The standard InChI is InChI=1S/C19H16F5N5O/c1-18(2)7-10(17(30)27-9-3-4-25-13(5-9)19(22,23)24)11-8-26-14-6-12(16(20)21)28-29(14)15(11)18/h3-6,8,10,16H,7H2,1-2H3,(H,25,27,30). The van der Waals surface area contributed by atoms with Crippen molar-refractivity contribution in [2.75, 3.05) is 5.32 Å². The summed E-state index contributed by atoms with van der Waals surface area (Å²) in [5, 5.41) is 6.43. The summed E-state index contributed by atoms with van der Waals surface area (Å²) in [6.07, 6.45) is -4.68. The van der Waals surface area contributed by atoms with Crippen molar-refractivity contribution < 1.29 is 26.7 Å². The second kappa shape index (κ2) is 6.71. The number of nitrogens with one attached hydrogen (secondary N) is 1. The zero-order chi connectivity index (χ0) is 21.8. The van der Waals surface area contributed by atoms with Crippen LogP contribution in [0, 0.1) is 0 Å². The Morgan fingerprint density at radius 3 is 2.67 bits per heavy atom. The van der Waals surface area contributed by atoms with Gasteiger partial charge < -0.3 is 5.32 Å². The van der Waals surface area contributed by atoms with Gasteiger partial charge in [0.05, 0.1) is 11.6 Å². The van der Waals surface area contributed by atoms with E-state index in [-0.39, 0.29) is 11.3 Å². The molecule has 1 aliphatic rings. The lowest BCUT2D eigenvalue weighted by atomic mass is 9.88. The minimum absolute atomic E-state index is 0.0401. The van der Waals surface area contributed by atoms with Crippen LogP contribution in [0.3, 0.4) is 0 Å². The highest BCUT2D eigenvalue weighted by Gasteiger charge is 2.43. The molecule has 3 aromatic heterocycles. The maximum Gasteiger partial charge on any atom is 0.433 e. The summed E-state index contributed by atoms with van der Waals surface area (Å²) in [5.41, 5.74) is -0.865. The SMILES string of the molecule is CC1(C)CC(C(=O)Nc2ccnc(C(F)(F)F)c2)c2cnc3cc(C(F)F)nn3c21. The van der Waals surface area contributed by atoms with Gasteiger partial charge in [-0.2, -0.15) is 18.3 Å². The first-order chi connectivity index (χ1) is 14.0. The highest BCUT2D eigenvalue weighted by atomic mass is 19.4. The van der Waals surface area contributed by atoms with E-state index < -0.39 is 41.2 Å². The molecule has 0 saturated heterocycles. The first-order valence-corrected chi connectivity index (χ1v) is 8.99. The van der Waals surface area contributed by atoms with Crippen LogP contribution in [-0.2, 0) is 16.4 Å². The Bertz CT molecular complexity index is 1140. The van der Waals surface area contributed by atoms with E-state index in [1.807, 2.05) is 13.8 Å². The number of carbonyl (C=O) groups is 1. The molecular weight excluding hydrogens is 409 g/mol. The minimum atomic E-state index is -4.64. The maximum atomic E-state index is 13.1. The number of carbonyl (C=O) groups excluding carboxylic acids is 1. The van der Waals surface area contributed by atoms with E-state index in [1.54, 1.807) is 0 Å². The molecule has 0 radical (unpaired) electrons. The highest BCUT2D eigenvalue weighted by Crippen LogP contribution is 2.46. The Labute approximate surface area is 167 Å². The van der Waals surface area contributed by atoms with Gasteiger partial charge in [-0.15, -0.1) is 0 Å². The Kier molecular flexibility index (Phi) is 4.51. The first-order valence-electron chi connectivity index (χ1n) is 8.99. The van der Waals surface area contributed by atoms with Crippen molar-refractivity contribution in [3.05, 3.63) is 53.2 Å². The Morgan fingerprint density at radius 2 is 2.00 bits per heavy atom. The number of halogens is 5. The van der Waals surface area contributed by atoms with Gasteiger partial charge in [0.15, 0.2) is 5.65 Å². The molecule has 158 valence electrons. The summed E-state index contributed by atoms with van der Waals surface area (Å²) in [6.45, 7) is 3.69. The molecule has 1 N–H and O–H groups in total. The van der Waals surface area contributed by atoms with Gasteiger partial charge >= 0.3 is 6.18 Å². The van der Waals surface area contributed by atoms with Gasteiger partial charge in [0.25, 0.3) is 6.43 Å². The van der Waals surface area contributed by atoms with Crippen LogP contribution < -0.4 is 5.32 Å². The summed E-state index contributed by atoms with van der Waals surface area (Å²) in [6, 6.07) is 3.20. The van der Waals surface area contributed by atoms with E-state index in [0.717, 1.165) is 12.3 Å². The van der Waals surface area contributed by atoms with Crippen molar-refractivity contribution in [2.45, 2.75) is 44.2 Å². The molecule has 1 amide bonds. The zero-order valence-electron chi connectivity index (χ0n) is 15.8. The van der Waals surface area contributed by atoms with Crippen LogP contribution in [0.25, 0.3) is 5.65 Å². The molecule has 0 fully saturated rings. The quantitative estimate of drug-likeness (QED) is 0.628. The Morgan fingerprint density at radius 1 is 1.27 bits per heavy atom. The largest absolute Gasteiger partial charge is 0.433 e. The van der Waals surface area contributed by atoms with E-state index in [1.165, 1.54) is 22.8 Å². The molecule has 0 aliphatic heterocycles. The van der Waals surface area contributed by atoms with Crippen LogP contribution in [0.15, 0.2) is 30.6 Å². The van der Waals surface area contributed by atoms with Crippen molar-refractivity contribution in [3.8, 4) is 0 Å². The van der Waals surface area contributed by atoms with Crippen molar-refractivity contribution in [1.82, 2.24) is 19.6 Å². The lowest BCUT2D eigenvalue weighted by Gasteiger charge is -2.19. The molecule has 0 bridgehead atoms. The lowest BCUT2D eigenvalue weighted by Crippen LogP contribution is -2.22. The number of fused-ring (bicyclic) bond motifs is 3. The molecule has 4 rings (SSSR count). The summed E-state index contributed by atoms with van der Waals surface area (Å²) in [5.74, 6) is -1.25. The zero-order valence-corrected chi connectivity index (χ0v) is 15.8. The average Bonchev–Trinajstić information content (AvgIpc) is 3.20. The summed E-state index contributed by atoms with van der Waals surface area (Å²) in [7, 11) is 0. The number of pyridine rings is 1. The van der Waals surface area contributed by atoms with Gasteiger partial charge in [0.1, 0.15) is 11.4 Å². The van der Waals surface area contributed by atoms with Crippen LogP contribution in [0.1, 0.15) is 55.3 Å². The molecule has 6 nitrogen and oxygen atoms in total. The molecule has 1 atom stereocenters. The monoisotopic (exact) mass is 425 g/mol. The summed E-state index contributed by atoms with van der Waals surface area (Å²) in [4.78, 5) is 20.3. The Balaban J connectivity index is 1.69. The fraction of sp³-hybridized carbons (Fsp3) is 0.368. The van der Waals surface area contributed by atoms with Crippen LogP contribution >= 0.6 is 0 Å². The van der Waals surface area contributed by atoms with Gasteiger partial charge in [-0.3, -0.25) is 9.78 Å². The average molecular weight is 425 g/mol. The van der Waals surface area contributed by atoms with Gasteiger partial charge in [-0.1, -0.05) is 13.8 Å². The van der Waals surface area contributed by atoms with Crippen molar-refractivity contribution >= 4 is 17.2 Å². The normalized spacial score (nSPS) is 18.1. The second-order valence-corrected chi connectivity index (χ2v) is 7.76. The molecule has 1 unspecified atom stereocenters. The third-order valence-corrected chi connectivity index (χ3v) is 5.12. The summed E-state index contributed by atoms with van der Waals surface area (Å²) >= 11 is 0. The number of aromatic nitrogens is 4. The number of hydrogen-bond donors (Lipinski definition) is 1. The number of anilines is 1. The summed E-state index contributed by atoms with van der Waals surface area (Å²) < 4.78 is 66.0. The van der Waals surface area contributed by atoms with E-state index in [4.69, 9.17) is 0 Å². The Hall–Kier alpha value is -3.11. The maximum absolute atomic E-state index is 13.1. The van der Waals surface area contributed by atoms with Gasteiger partial charge in [-0.05, 0) is 18.6 Å². The van der Waals surface area contributed by atoms with Crippen molar-refractivity contribution in [3.63, 3.8) is 0 Å². The predicted octanol–water partition coefficient (Wildman–Crippen LogP) is 4.48. The molecule has 0 spiro atoms. The predicted molar refractivity (Wildman–Crippen MR) is 96.2 cm³/mol. The lowest BCUT2D eigenvalue weighted by molar-refractivity contribution is -0.141. The molecule has 0 aromatic carbocycles. The van der Waals surface area contributed by atoms with E-state index in [9.17, 15) is 26.7 Å². The smallest absolute Gasteiger partial charge is 0.325 e. The van der Waals surface area contributed by atoms with Crippen LogP contribution in [0.5, 0.6) is 0 Å². The first kappa shape index (κ1) is 20.2. The third-order valence-electron chi connectivity index (χ3n) is 5.12. The number of rotatable bonds is 3. The molecule has 30 heavy (non-hydrogen) atoms. The minimum Gasteiger partial charge on any atom is -0.325 e. The number of hydrogen-bond acceptors (Lipinski definition) is 4. The fourth-order valence-electron chi connectivity index (χ4n) is 3.85. The topological polar surface area (TPSA) is 72.2 Å². The molecule has 3 heterocycles. The number of alkyl halides is 5. The van der Waals surface area contributed by atoms with Crippen molar-refractivity contribution in [2.24, 2.45) is 0 Å². The van der Waals surface area contributed by atoms with Gasteiger partial charge in [0, 0.05) is 35.1 Å². The highest BCUT2D eigenvalue weighted by molar-refractivity contribution is 5.96. The second-order valence-electron chi connectivity index (χ2n) is 7.76. The molecule has 0 saturated carbocycles. The third kappa shape index (κ3) is 3.37. The van der Waals surface area contributed by atoms with Crippen LogP contribution in [-0.4, -0.2) is 25.5 Å². The molecule has 3 aromatic rings. The van der Waals surface area contributed by atoms with Gasteiger partial charge in [-0.25, -0.2) is 18.3 Å². The molecular formula is C19H16F5N5O. The molecule has 11 heteroatoms. The van der Waals surface area contributed by atoms with Gasteiger partial charge in [0.2, 0.25) is 5.91 Å². The van der Waals surface area contributed by atoms with Crippen molar-refractivity contribution in [1.29, 1.82) is 0 Å². The van der Waals surface area contributed by atoms with E-state index in [2.05, 4.69) is 20.4 Å². The van der Waals surface area contributed by atoms with Crippen LogP contribution in [0.4, 0.5) is 27.6 Å². The molecule has 1 aliphatic carbocycles. The fourth-order valence-corrected chi connectivity index (χ4v) is 3.85. The van der Waals surface area contributed by atoms with E-state index in [0.29, 0.717) is 17.7 Å². The van der Waals surface area contributed by atoms with E-state index >= 15 is 0 Å². The number of amides is 1. The number of nitrogens with zero attached hydrogens (tertiary/aromatic N) is 4.